The van der Waals surface area contributed by atoms with Crippen molar-refractivity contribution in [1.82, 2.24) is 10.1 Å². The molecule has 0 saturated heterocycles. The van der Waals surface area contributed by atoms with Crippen LogP contribution in [0, 0.1) is 0 Å². The zero-order chi connectivity index (χ0) is 13.9. The average Bonchev–Trinajstić information content (AvgIpc) is 3.09. The Labute approximate surface area is 129 Å². The Morgan fingerprint density at radius 3 is 2.85 bits per heavy atom. The lowest BCUT2D eigenvalue weighted by atomic mass is 10.3. The fourth-order valence-electron chi connectivity index (χ4n) is 1.62. The Morgan fingerprint density at radius 1 is 1.20 bits per heavy atom. The highest BCUT2D eigenvalue weighted by Crippen LogP contribution is 2.25. The second-order valence-corrected chi connectivity index (χ2v) is 5.73. The largest absolute Gasteiger partial charge is 0.376 e. The molecule has 0 aliphatic carbocycles. The molecule has 102 valence electrons. The van der Waals surface area contributed by atoms with Crippen molar-refractivity contribution in [1.29, 1.82) is 0 Å². The van der Waals surface area contributed by atoms with Gasteiger partial charge in [-0.1, -0.05) is 34.4 Å². The van der Waals surface area contributed by atoms with E-state index in [-0.39, 0.29) is 0 Å². The summed E-state index contributed by atoms with van der Waals surface area (Å²) in [6.07, 6.45) is 0. The van der Waals surface area contributed by atoms with Crippen molar-refractivity contribution in [2.45, 2.75) is 6.54 Å². The second-order valence-electron chi connectivity index (χ2n) is 3.97. The van der Waals surface area contributed by atoms with Gasteiger partial charge in [-0.3, -0.25) is 0 Å². The molecule has 0 spiro atoms. The number of hydrogen-bond acceptors (Lipinski definition) is 5. The van der Waals surface area contributed by atoms with E-state index in [1.807, 2.05) is 23.6 Å². The van der Waals surface area contributed by atoms with Crippen LogP contribution in [0.1, 0.15) is 5.89 Å². The van der Waals surface area contributed by atoms with Gasteiger partial charge in [-0.05, 0) is 29.6 Å². The van der Waals surface area contributed by atoms with Crippen molar-refractivity contribution in [2.75, 3.05) is 5.32 Å². The Kier molecular flexibility index (Phi) is 3.91. The molecule has 2 heterocycles. The number of benzene rings is 1. The highest BCUT2D eigenvalue weighted by Gasteiger charge is 2.09. The predicted molar refractivity (Wildman–Crippen MR) is 81.4 cm³/mol. The molecule has 1 aromatic carbocycles. The molecule has 0 amide bonds. The maximum atomic E-state index is 5.95. The van der Waals surface area contributed by atoms with Gasteiger partial charge in [-0.2, -0.15) is 4.98 Å². The Bertz CT molecular complexity index is 712. The third kappa shape index (κ3) is 2.95. The number of aromatic nitrogens is 2. The van der Waals surface area contributed by atoms with Gasteiger partial charge in [-0.25, -0.2) is 0 Å². The fraction of sp³-hybridized carbons (Fsp3) is 0.0769. The minimum absolute atomic E-state index is 0.427. The van der Waals surface area contributed by atoms with E-state index in [1.165, 1.54) is 0 Å². The molecule has 0 saturated carbocycles. The summed E-state index contributed by atoms with van der Waals surface area (Å²) in [6.45, 7) is 0.427. The Morgan fingerprint density at radius 2 is 2.10 bits per heavy atom. The van der Waals surface area contributed by atoms with E-state index in [0.717, 1.165) is 10.6 Å². The molecule has 7 heteroatoms. The van der Waals surface area contributed by atoms with Crippen LogP contribution in [-0.4, -0.2) is 10.1 Å². The number of halogens is 2. The second kappa shape index (κ2) is 5.83. The van der Waals surface area contributed by atoms with Crippen LogP contribution in [0.3, 0.4) is 0 Å². The highest BCUT2D eigenvalue weighted by atomic mass is 35.5. The number of thiophene rings is 1. The van der Waals surface area contributed by atoms with Gasteiger partial charge >= 0.3 is 0 Å². The van der Waals surface area contributed by atoms with Crippen LogP contribution in [0.25, 0.3) is 10.7 Å². The van der Waals surface area contributed by atoms with Crippen LogP contribution in [0.2, 0.25) is 10.0 Å². The van der Waals surface area contributed by atoms with E-state index in [4.69, 9.17) is 27.7 Å². The minimum atomic E-state index is 0.427. The molecule has 0 bridgehead atoms. The summed E-state index contributed by atoms with van der Waals surface area (Å²) in [5.41, 5.74) is 0.843. The summed E-state index contributed by atoms with van der Waals surface area (Å²) < 4.78 is 5.19. The maximum Gasteiger partial charge on any atom is 0.246 e. The summed E-state index contributed by atoms with van der Waals surface area (Å²) in [7, 11) is 0. The quantitative estimate of drug-likeness (QED) is 0.754. The summed E-state index contributed by atoms with van der Waals surface area (Å²) >= 11 is 13.4. The number of nitrogens with zero attached hydrogens (tertiary/aromatic N) is 2. The first kappa shape index (κ1) is 13.4. The lowest BCUT2D eigenvalue weighted by Crippen LogP contribution is -1.99. The highest BCUT2D eigenvalue weighted by molar-refractivity contribution is 7.13. The lowest BCUT2D eigenvalue weighted by Gasteiger charge is -2.04. The van der Waals surface area contributed by atoms with Crippen molar-refractivity contribution in [3.8, 4) is 10.7 Å². The van der Waals surface area contributed by atoms with E-state index in [0.29, 0.717) is 28.3 Å². The fourth-order valence-corrected chi connectivity index (χ4v) is 2.56. The molecule has 0 unspecified atom stereocenters. The first-order chi connectivity index (χ1) is 9.72. The molecule has 0 aliphatic heterocycles. The Balaban J connectivity index is 1.68. The summed E-state index contributed by atoms with van der Waals surface area (Å²) in [4.78, 5) is 5.30. The number of rotatable bonds is 4. The first-order valence-electron chi connectivity index (χ1n) is 5.78. The van der Waals surface area contributed by atoms with Crippen molar-refractivity contribution >= 4 is 40.2 Å². The Hall–Kier alpha value is -1.56. The van der Waals surface area contributed by atoms with Gasteiger partial charge < -0.3 is 9.84 Å². The SMILES string of the molecule is Clc1ccc(NCc2nc(-c3cccs3)no2)cc1Cl. The molecule has 3 aromatic rings. The minimum Gasteiger partial charge on any atom is -0.376 e. The number of nitrogens with one attached hydrogen (secondary N) is 1. The van der Waals surface area contributed by atoms with Gasteiger partial charge in [0.2, 0.25) is 11.7 Å². The topological polar surface area (TPSA) is 51.0 Å². The van der Waals surface area contributed by atoms with Gasteiger partial charge in [0.1, 0.15) is 0 Å². The van der Waals surface area contributed by atoms with E-state index in [1.54, 1.807) is 23.5 Å². The van der Waals surface area contributed by atoms with E-state index >= 15 is 0 Å². The van der Waals surface area contributed by atoms with Crippen molar-refractivity contribution in [3.05, 3.63) is 51.6 Å². The van der Waals surface area contributed by atoms with Crippen LogP contribution in [0.5, 0.6) is 0 Å². The average molecular weight is 326 g/mol. The summed E-state index contributed by atoms with van der Waals surface area (Å²) in [5.74, 6) is 1.12. The van der Waals surface area contributed by atoms with Crippen molar-refractivity contribution < 1.29 is 4.52 Å². The molecule has 1 N–H and O–H groups in total. The van der Waals surface area contributed by atoms with Gasteiger partial charge in [-0.15, -0.1) is 11.3 Å². The lowest BCUT2D eigenvalue weighted by molar-refractivity contribution is 0.384. The van der Waals surface area contributed by atoms with Crippen molar-refractivity contribution in [3.63, 3.8) is 0 Å². The van der Waals surface area contributed by atoms with Gasteiger partial charge in [0.15, 0.2) is 0 Å². The van der Waals surface area contributed by atoms with Gasteiger partial charge in [0.05, 0.1) is 21.5 Å². The van der Waals surface area contributed by atoms with Gasteiger partial charge in [0, 0.05) is 5.69 Å². The van der Waals surface area contributed by atoms with Crippen LogP contribution in [0.4, 0.5) is 5.69 Å². The third-order valence-corrected chi connectivity index (χ3v) is 4.18. The molecule has 0 fully saturated rings. The smallest absolute Gasteiger partial charge is 0.246 e. The first-order valence-corrected chi connectivity index (χ1v) is 7.41. The zero-order valence-corrected chi connectivity index (χ0v) is 12.5. The number of anilines is 1. The molecule has 0 radical (unpaired) electrons. The molecule has 0 aliphatic rings. The molecule has 4 nitrogen and oxygen atoms in total. The maximum absolute atomic E-state index is 5.95. The molecule has 3 rings (SSSR count). The molecular weight excluding hydrogens is 317 g/mol. The zero-order valence-electron chi connectivity index (χ0n) is 10.1. The van der Waals surface area contributed by atoms with Crippen LogP contribution < -0.4 is 5.32 Å². The van der Waals surface area contributed by atoms with E-state index in [2.05, 4.69) is 15.5 Å². The normalized spacial score (nSPS) is 10.7. The molecule has 0 atom stereocenters. The molecular formula is C13H9Cl2N3OS. The standard InChI is InChI=1S/C13H9Cl2N3OS/c14-9-4-3-8(6-10(9)15)16-7-12-17-13(18-19-12)11-2-1-5-20-11/h1-6,16H,7H2. The van der Waals surface area contributed by atoms with Crippen LogP contribution in [0.15, 0.2) is 40.2 Å². The molecule has 20 heavy (non-hydrogen) atoms. The van der Waals surface area contributed by atoms with Gasteiger partial charge in [0.25, 0.3) is 0 Å². The van der Waals surface area contributed by atoms with Crippen LogP contribution in [-0.2, 0) is 6.54 Å². The molecule has 2 aromatic heterocycles. The summed E-state index contributed by atoms with van der Waals surface area (Å²) in [6, 6.07) is 9.22. The van der Waals surface area contributed by atoms with Crippen molar-refractivity contribution in [2.24, 2.45) is 0 Å². The predicted octanol–water partition coefficient (Wildman–Crippen LogP) is 4.72. The van der Waals surface area contributed by atoms with Crippen LogP contribution >= 0.6 is 34.5 Å². The monoisotopic (exact) mass is 325 g/mol. The number of hydrogen-bond donors (Lipinski definition) is 1. The van der Waals surface area contributed by atoms with E-state index < -0.39 is 0 Å². The third-order valence-electron chi connectivity index (χ3n) is 2.57. The van der Waals surface area contributed by atoms with E-state index in [9.17, 15) is 0 Å². The summed E-state index contributed by atoms with van der Waals surface area (Å²) in [5, 5.41) is 10.1.